The van der Waals surface area contributed by atoms with E-state index in [0.717, 1.165) is 37.2 Å². The van der Waals surface area contributed by atoms with Gasteiger partial charge in [0.2, 0.25) is 0 Å². The van der Waals surface area contributed by atoms with Crippen molar-refractivity contribution in [1.82, 2.24) is 4.90 Å². The lowest BCUT2D eigenvalue weighted by atomic mass is 9.95. The summed E-state index contributed by atoms with van der Waals surface area (Å²) in [5, 5.41) is 0.535. The zero-order chi connectivity index (χ0) is 14.5. The van der Waals surface area contributed by atoms with Gasteiger partial charge in [-0.2, -0.15) is 0 Å². The Morgan fingerprint density at radius 2 is 2.30 bits per heavy atom. The molecule has 1 aromatic carbocycles. The summed E-state index contributed by atoms with van der Waals surface area (Å²) >= 11 is 13.6. The summed E-state index contributed by atoms with van der Waals surface area (Å²) in [4.78, 5) is 15.6. The molecule has 1 fully saturated rings. The Kier molecular flexibility index (Phi) is 6.06. The molecule has 5 heteroatoms. The van der Waals surface area contributed by atoms with Crippen LogP contribution in [0.1, 0.15) is 29.6 Å². The Labute approximate surface area is 134 Å². The number of alkyl halides is 1. The highest BCUT2D eigenvalue weighted by Gasteiger charge is 2.25. The molecule has 0 bridgehead atoms. The van der Waals surface area contributed by atoms with Crippen molar-refractivity contribution in [3.8, 4) is 0 Å². The van der Waals surface area contributed by atoms with Crippen LogP contribution in [0.3, 0.4) is 0 Å². The van der Waals surface area contributed by atoms with Crippen LogP contribution in [-0.2, 0) is 0 Å². The van der Waals surface area contributed by atoms with E-state index in [1.807, 2.05) is 23.3 Å². The smallest absolute Gasteiger partial charge is 0.255 e. The maximum atomic E-state index is 12.6. The number of hydrogen-bond acceptors (Lipinski definition) is 2. The quantitative estimate of drug-likeness (QED) is 0.596. The number of amides is 1. The minimum Gasteiger partial charge on any atom is -0.338 e. The summed E-state index contributed by atoms with van der Waals surface area (Å²) in [6.45, 7) is 1.61. The van der Waals surface area contributed by atoms with Gasteiger partial charge in [-0.15, -0.1) is 23.4 Å². The Morgan fingerprint density at radius 3 is 3.00 bits per heavy atom. The van der Waals surface area contributed by atoms with E-state index < -0.39 is 0 Å². The Hall–Kier alpha value is -0.380. The lowest BCUT2D eigenvalue weighted by Gasteiger charge is -2.32. The third-order valence-electron chi connectivity index (χ3n) is 3.73. The van der Waals surface area contributed by atoms with E-state index in [-0.39, 0.29) is 5.91 Å². The third-order valence-corrected chi connectivity index (χ3v) is 5.00. The first-order valence-electron chi connectivity index (χ1n) is 6.84. The van der Waals surface area contributed by atoms with E-state index in [1.54, 1.807) is 17.8 Å². The molecule has 0 N–H and O–H groups in total. The number of hydrogen-bond donors (Lipinski definition) is 0. The highest BCUT2D eigenvalue weighted by Crippen LogP contribution is 2.27. The zero-order valence-electron chi connectivity index (χ0n) is 11.6. The molecule has 20 heavy (non-hydrogen) atoms. The van der Waals surface area contributed by atoms with Crippen molar-refractivity contribution in [2.24, 2.45) is 5.92 Å². The van der Waals surface area contributed by atoms with Crippen molar-refractivity contribution < 1.29 is 4.79 Å². The molecule has 1 saturated heterocycles. The topological polar surface area (TPSA) is 20.3 Å². The maximum absolute atomic E-state index is 12.6. The van der Waals surface area contributed by atoms with Crippen molar-refractivity contribution in [3.63, 3.8) is 0 Å². The summed E-state index contributed by atoms with van der Waals surface area (Å²) < 4.78 is 0. The van der Waals surface area contributed by atoms with Gasteiger partial charge in [0.05, 0.1) is 10.6 Å². The maximum Gasteiger partial charge on any atom is 0.255 e. The molecular weight excluding hydrogens is 313 g/mol. The van der Waals surface area contributed by atoms with Crippen LogP contribution in [0.2, 0.25) is 5.02 Å². The van der Waals surface area contributed by atoms with E-state index in [9.17, 15) is 4.79 Å². The summed E-state index contributed by atoms with van der Waals surface area (Å²) in [5.74, 6) is 1.23. The molecule has 2 nitrogen and oxygen atoms in total. The SMILES string of the molecule is CSc1ccc(Cl)c(C(=O)N2CCCC(CCCl)C2)c1. The Morgan fingerprint density at radius 1 is 1.50 bits per heavy atom. The van der Waals surface area contributed by atoms with Crippen LogP contribution in [0.5, 0.6) is 0 Å². The number of carbonyl (C=O) groups is 1. The van der Waals surface area contributed by atoms with Crippen molar-refractivity contribution in [2.45, 2.75) is 24.2 Å². The van der Waals surface area contributed by atoms with Crippen LogP contribution in [0.15, 0.2) is 23.1 Å². The molecule has 0 aliphatic carbocycles. The third kappa shape index (κ3) is 3.84. The van der Waals surface area contributed by atoms with Crippen LogP contribution in [0, 0.1) is 5.92 Å². The lowest BCUT2D eigenvalue weighted by molar-refractivity contribution is 0.0671. The standard InChI is InChI=1S/C15H19Cl2NOS/c1-20-12-4-5-14(17)13(9-12)15(19)18-8-2-3-11(10-18)6-7-16/h4-5,9,11H,2-3,6-8,10H2,1H3. The number of piperidine rings is 1. The molecular formula is C15H19Cl2NOS. The molecule has 0 radical (unpaired) electrons. The molecule has 110 valence electrons. The number of rotatable bonds is 4. The van der Waals surface area contributed by atoms with Crippen LogP contribution >= 0.6 is 35.0 Å². The van der Waals surface area contributed by atoms with Crippen LogP contribution < -0.4 is 0 Å². The first-order chi connectivity index (χ1) is 9.65. The fourth-order valence-electron chi connectivity index (χ4n) is 2.61. The minimum atomic E-state index is 0.0465. The van der Waals surface area contributed by atoms with Crippen LogP contribution in [0.25, 0.3) is 0 Å². The first kappa shape index (κ1) is 16.0. The second-order valence-electron chi connectivity index (χ2n) is 5.08. The summed E-state index contributed by atoms with van der Waals surface area (Å²) in [7, 11) is 0. The molecule has 1 aliphatic heterocycles. The number of likely N-dealkylation sites (tertiary alicyclic amines) is 1. The van der Waals surface area contributed by atoms with Gasteiger partial charge >= 0.3 is 0 Å². The second-order valence-corrected chi connectivity index (χ2v) is 6.75. The molecule has 1 unspecified atom stereocenters. The molecule has 0 aromatic heterocycles. The predicted octanol–water partition coefficient (Wildman–Crippen LogP) is 4.54. The number of nitrogens with zero attached hydrogens (tertiary/aromatic N) is 1. The molecule has 1 aliphatic rings. The van der Waals surface area contributed by atoms with Gasteiger partial charge in [0.25, 0.3) is 5.91 Å². The average molecular weight is 332 g/mol. The zero-order valence-corrected chi connectivity index (χ0v) is 13.9. The van der Waals surface area contributed by atoms with E-state index in [4.69, 9.17) is 23.2 Å². The van der Waals surface area contributed by atoms with E-state index in [2.05, 4.69) is 0 Å². The van der Waals surface area contributed by atoms with Gasteiger partial charge in [-0.3, -0.25) is 4.79 Å². The average Bonchev–Trinajstić information content (AvgIpc) is 2.48. The van der Waals surface area contributed by atoms with Gasteiger partial charge in [0, 0.05) is 23.9 Å². The number of halogens is 2. The molecule has 2 rings (SSSR count). The fraction of sp³-hybridized carbons (Fsp3) is 0.533. The van der Waals surface area contributed by atoms with Gasteiger partial charge in [-0.05, 0) is 49.6 Å². The molecule has 1 amide bonds. The van der Waals surface area contributed by atoms with E-state index in [1.165, 1.54) is 0 Å². The second kappa shape index (κ2) is 7.58. The van der Waals surface area contributed by atoms with Gasteiger partial charge in [-0.25, -0.2) is 0 Å². The van der Waals surface area contributed by atoms with Crippen molar-refractivity contribution in [2.75, 3.05) is 25.2 Å². The highest BCUT2D eigenvalue weighted by molar-refractivity contribution is 7.98. The van der Waals surface area contributed by atoms with Crippen molar-refractivity contribution in [3.05, 3.63) is 28.8 Å². The molecule has 1 atom stereocenters. The molecule has 1 aromatic rings. The van der Waals surface area contributed by atoms with E-state index >= 15 is 0 Å². The molecule has 0 saturated carbocycles. The lowest BCUT2D eigenvalue weighted by Crippen LogP contribution is -2.40. The van der Waals surface area contributed by atoms with Crippen LogP contribution in [0.4, 0.5) is 0 Å². The molecule has 0 spiro atoms. The summed E-state index contributed by atoms with van der Waals surface area (Å²) in [6, 6.07) is 5.64. The monoisotopic (exact) mass is 331 g/mol. The summed E-state index contributed by atoms with van der Waals surface area (Å²) in [5.41, 5.74) is 0.616. The number of thioether (sulfide) groups is 1. The van der Waals surface area contributed by atoms with Gasteiger partial charge in [0.15, 0.2) is 0 Å². The van der Waals surface area contributed by atoms with Gasteiger partial charge < -0.3 is 4.90 Å². The van der Waals surface area contributed by atoms with Crippen molar-refractivity contribution in [1.29, 1.82) is 0 Å². The summed E-state index contributed by atoms with van der Waals surface area (Å²) in [6.07, 6.45) is 5.18. The number of benzene rings is 1. The fourth-order valence-corrected chi connectivity index (χ4v) is 3.55. The predicted molar refractivity (Wildman–Crippen MR) is 87.2 cm³/mol. The minimum absolute atomic E-state index is 0.0465. The normalized spacial score (nSPS) is 19.1. The van der Waals surface area contributed by atoms with Crippen molar-refractivity contribution >= 4 is 40.9 Å². The number of carbonyl (C=O) groups excluding carboxylic acids is 1. The molecule has 1 heterocycles. The Balaban J connectivity index is 2.14. The van der Waals surface area contributed by atoms with Gasteiger partial charge in [0.1, 0.15) is 0 Å². The first-order valence-corrected chi connectivity index (χ1v) is 8.98. The largest absolute Gasteiger partial charge is 0.338 e. The highest BCUT2D eigenvalue weighted by atomic mass is 35.5. The van der Waals surface area contributed by atoms with Gasteiger partial charge in [-0.1, -0.05) is 11.6 Å². The van der Waals surface area contributed by atoms with Crippen LogP contribution in [-0.4, -0.2) is 36.0 Å². The Bertz CT molecular complexity index is 479. The van der Waals surface area contributed by atoms with E-state index in [0.29, 0.717) is 22.4 Å².